The smallest absolute Gasteiger partial charge is 0.194 e. The molecule has 1 atom stereocenters. The Morgan fingerprint density at radius 2 is 1.32 bits per heavy atom. The Morgan fingerprint density at radius 3 is 1.90 bits per heavy atom. The predicted molar refractivity (Wildman–Crippen MR) is 199 cm³/mol. The molecule has 0 bridgehead atoms. The van der Waals surface area contributed by atoms with Crippen LogP contribution in [-0.4, -0.2) is 75.5 Å². The Labute approximate surface area is 288 Å². The van der Waals surface area contributed by atoms with E-state index in [1.807, 2.05) is 13.8 Å². The third-order valence-corrected chi connectivity index (χ3v) is 11.0. The van der Waals surface area contributed by atoms with Crippen LogP contribution < -0.4 is 41.0 Å². The van der Waals surface area contributed by atoms with E-state index in [1.54, 1.807) is 0 Å². The molecule has 8 rings (SSSR count). The second-order valence-corrected chi connectivity index (χ2v) is 13.8. The molecule has 11 heteroatoms. The maximum atomic E-state index is 14.1. The van der Waals surface area contributed by atoms with Gasteiger partial charge in [0.05, 0.1) is 43.8 Å². The summed E-state index contributed by atoms with van der Waals surface area (Å²) in [4.78, 5) is 33.4. The van der Waals surface area contributed by atoms with E-state index >= 15 is 0 Å². The molecule has 0 aromatic heterocycles. The van der Waals surface area contributed by atoms with Gasteiger partial charge in [0.25, 0.3) is 0 Å². The van der Waals surface area contributed by atoms with E-state index in [4.69, 9.17) is 19.2 Å². The monoisotopic (exact) mass is 678 g/mol. The van der Waals surface area contributed by atoms with Gasteiger partial charge in [-0.3, -0.25) is 14.6 Å². The molecular weight excluding hydrogens is 636 g/mol. The molecule has 0 saturated carbocycles. The van der Waals surface area contributed by atoms with Gasteiger partial charge in [0.2, 0.25) is 0 Å². The summed E-state index contributed by atoms with van der Waals surface area (Å²) in [5.74, 6) is -0.156. The van der Waals surface area contributed by atoms with Crippen molar-refractivity contribution in [1.82, 2.24) is 10.6 Å². The first-order chi connectivity index (χ1) is 24.2. The van der Waals surface area contributed by atoms with Gasteiger partial charge in [-0.25, -0.2) is 0 Å². The van der Waals surface area contributed by atoms with Crippen molar-refractivity contribution in [3.63, 3.8) is 0 Å². The summed E-state index contributed by atoms with van der Waals surface area (Å²) >= 11 is 0. The number of aliphatic imine (C=N–C) groups is 1. The van der Waals surface area contributed by atoms with E-state index in [2.05, 4.69) is 22.0 Å². The van der Waals surface area contributed by atoms with E-state index in [1.165, 1.54) is 33.5 Å². The summed E-state index contributed by atoms with van der Waals surface area (Å²) in [5.41, 5.74) is 2.71. The Morgan fingerprint density at radius 1 is 0.760 bits per heavy atom. The first-order valence-corrected chi connectivity index (χ1v) is 17.4. The minimum Gasteiger partial charge on any atom is -0.505 e. The Hall–Kier alpha value is -4.87. The van der Waals surface area contributed by atoms with Crippen molar-refractivity contribution in [2.45, 2.75) is 57.5 Å². The third-order valence-electron chi connectivity index (χ3n) is 11.0. The number of ether oxygens (including phenoxy) is 3. The van der Waals surface area contributed by atoms with E-state index in [-0.39, 0.29) is 51.6 Å². The van der Waals surface area contributed by atoms with Crippen LogP contribution in [0.15, 0.2) is 32.3 Å². The zero-order valence-corrected chi connectivity index (χ0v) is 29.0. The zero-order chi connectivity index (χ0) is 35.0. The summed E-state index contributed by atoms with van der Waals surface area (Å²) in [6.45, 7) is 7.44. The number of phenols is 2. The number of aromatic hydroxyl groups is 2. The summed E-state index contributed by atoms with van der Waals surface area (Å²) in [7, 11) is 4.47. The third kappa shape index (κ3) is 4.59. The van der Waals surface area contributed by atoms with E-state index in [0.29, 0.717) is 49.1 Å². The fraction of sp³-hybridized carbons (Fsp3) is 0.410. The van der Waals surface area contributed by atoms with Crippen LogP contribution in [0.3, 0.4) is 0 Å². The summed E-state index contributed by atoms with van der Waals surface area (Å²) in [5, 5.41) is 38.3. The van der Waals surface area contributed by atoms with Crippen molar-refractivity contribution in [1.29, 1.82) is 0 Å². The molecule has 0 radical (unpaired) electrons. The van der Waals surface area contributed by atoms with Gasteiger partial charge in [0.1, 0.15) is 11.5 Å². The molecule has 2 aliphatic heterocycles. The zero-order valence-electron chi connectivity index (χ0n) is 29.0. The lowest BCUT2D eigenvalue weighted by atomic mass is 9.80. The molecule has 0 amide bonds. The maximum absolute atomic E-state index is 14.1. The number of anilines is 1. The molecule has 2 heterocycles. The lowest BCUT2D eigenvalue weighted by Crippen LogP contribution is -2.35. The first kappa shape index (κ1) is 32.3. The predicted octanol–water partition coefficient (Wildman–Crippen LogP) is 5.21. The van der Waals surface area contributed by atoms with Gasteiger partial charge in [-0.15, -0.1) is 0 Å². The number of hydrogen-bond donors (Lipinski definition) is 5. The lowest BCUT2D eigenvalue weighted by Gasteiger charge is -2.28. The summed E-state index contributed by atoms with van der Waals surface area (Å²) in [6.07, 6.45) is 5.53. The van der Waals surface area contributed by atoms with Crippen molar-refractivity contribution in [3.8, 4) is 28.7 Å². The number of rotatable bonds is 7. The van der Waals surface area contributed by atoms with Crippen LogP contribution in [-0.2, 0) is 0 Å². The molecule has 5 aromatic rings. The number of allylic oxidation sites excluding steroid dienone is 1. The average Bonchev–Trinajstić information content (AvgIpc) is 3.24. The highest BCUT2D eigenvalue weighted by molar-refractivity contribution is 6.40. The molecule has 5 N–H and O–H groups in total. The number of nitrogens with zero attached hydrogens (tertiary/aromatic N) is 1. The highest BCUT2D eigenvalue weighted by atomic mass is 16.5. The number of nitrogens with one attached hydrogen (secondary N) is 3. The molecule has 3 aliphatic rings. The SMILES string of the molecule is COc1c(O)c2c(=O)cc(OC)c3c4c(OC)cc(=O)c5c(O)c(NC6CCNCC6)c6c(c(c1C(/C(C)=N/C1CCNCC1)C(C)=C6)c23)c54. The second kappa shape index (κ2) is 12.2. The first-order valence-electron chi connectivity index (χ1n) is 17.4. The Balaban J connectivity index is 1.66. The molecule has 1 unspecified atom stereocenters. The van der Waals surface area contributed by atoms with Crippen LogP contribution in [0.4, 0.5) is 5.69 Å². The van der Waals surface area contributed by atoms with Gasteiger partial charge in [0, 0.05) is 67.9 Å². The highest BCUT2D eigenvalue weighted by Crippen LogP contribution is 2.58. The van der Waals surface area contributed by atoms with Gasteiger partial charge >= 0.3 is 0 Å². The standard InChI is InChI=1S/C39H42N4O7/c1-17-14-21-27-32-28(37(46)36(21)43-20-8-12-41-13-9-20)22(44)15-24(48-3)30(32)31-25(49-4)16-23(45)29-34(31)33(27)35(39(50-5)38(29)47)26(17)18(2)42-19-6-10-40-11-7-19/h14-16,19-20,26,40-41,43,46-47H,6-13H2,1-5H3/b42-18+. The van der Waals surface area contributed by atoms with E-state index < -0.39 is 16.8 Å². The normalized spacial score (nSPS) is 19.1. The number of fused-ring (bicyclic) bond motifs is 1. The minimum absolute atomic E-state index is 0.0462. The van der Waals surface area contributed by atoms with Crippen LogP contribution in [0.25, 0.3) is 49.2 Å². The largest absolute Gasteiger partial charge is 0.505 e. The quantitative estimate of drug-likeness (QED) is 0.0672. The number of phenolic OH excluding ortho intramolecular Hbond substituents is 2. The van der Waals surface area contributed by atoms with Crippen molar-refractivity contribution in [2.24, 2.45) is 4.99 Å². The van der Waals surface area contributed by atoms with Gasteiger partial charge in [-0.1, -0.05) is 11.6 Å². The van der Waals surface area contributed by atoms with Gasteiger partial charge in [-0.2, -0.15) is 0 Å². The molecular formula is C39H42N4O7. The highest BCUT2D eigenvalue weighted by Gasteiger charge is 2.37. The molecule has 5 aromatic carbocycles. The van der Waals surface area contributed by atoms with Crippen LogP contribution in [0, 0.1) is 0 Å². The van der Waals surface area contributed by atoms with Crippen LogP contribution in [0.1, 0.15) is 56.6 Å². The number of methoxy groups -OCH3 is 3. The Bertz CT molecular complexity index is 2380. The second-order valence-electron chi connectivity index (χ2n) is 13.8. The number of benzene rings is 5. The lowest BCUT2D eigenvalue weighted by molar-refractivity contribution is 0.373. The number of hydrogen-bond acceptors (Lipinski definition) is 11. The van der Waals surface area contributed by atoms with Crippen LogP contribution >= 0.6 is 0 Å². The fourth-order valence-electron chi connectivity index (χ4n) is 8.90. The van der Waals surface area contributed by atoms with Crippen LogP contribution in [0.2, 0.25) is 0 Å². The average molecular weight is 679 g/mol. The minimum atomic E-state index is -0.463. The summed E-state index contributed by atoms with van der Waals surface area (Å²) in [6, 6.07) is 2.89. The maximum Gasteiger partial charge on any atom is 0.194 e. The molecule has 260 valence electrons. The number of piperidine rings is 2. The van der Waals surface area contributed by atoms with Gasteiger partial charge < -0.3 is 40.4 Å². The Kier molecular flexibility index (Phi) is 7.87. The van der Waals surface area contributed by atoms with Gasteiger partial charge in [-0.05, 0) is 71.1 Å². The molecule has 2 saturated heterocycles. The van der Waals surface area contributed by atoms with Crippen molar-refractivity contribution in [3.05, 3.63) is 49.3 Å². The molecule has 0 spiro atoms. The fourth-order valence-corrected chi connectivity index (χ4v) is 8.90. The van der Waals surface area contributed by atoms with Crippen LogP contribution in [0.5, 0.6) is 28.7 Å². The topological polar surface area (TPSA) is 151 Å². The van der Waals surface area contributed by atoms with Gasteiger partial charge in [0.15, 0.2) is 28.1 Å². The molecule has 50 heavy (non-hydrogen) atoms. The molecule has 1 aliphatic carbocycles. The van der Waals surface area contributed by atoms with Crippen molar-refractivity contribution >= 4 is 60.6 Å². The van der Waals surface area contributed by atoms with Crippen molar-refractivity contribution < 1.29 is 24.4 Å². The van der Waals surface area contributed by atoms with E-state index in [9.17, 15) is 19.8 Å². The molecule has 2 fully saturated rings. The van der Waals surface area contributed by atoms with Crippen molar-refractivity contribution in [2.75, 3.05) is 52.8 Å². The molecule has 11 nitrogen and oxygen atoms in total. The van der Waals surface area contributed by atoms with E-state index in [0.717, 1.165) is 63.1 Å². The summed E-state index contributed by atoms with van der Waals surface area (Å²) < 4.78 is 17.8.